The number of carbonyl (C=O) groups excluding carboxylic acids is 1. The van der Waals surface area contributed by atoms with Gasteiger partial charge in [0.1, 0.15) is 0 Å². The molecule has 0 radical (unpaired) electrons. The first-order valence-corrected chi connectivity index (χ1v) is 8.92. The highest BCUT2D eigenvalue weighted by Crippen LogP contribution is 2.40. The number of fused-ring (bicyclic) bond motifs is 1. The highest BCUT2D eigenvalue weighted by atomic mass is 35.5. The fourth-order valence-corrected chi connectivity index (χ4v) is 4.13. The van der Waals surface area contributed by atoms with Crippen molar-refractivity contribution >= 4 is 17.6 Å². The Labute approximate surface area is 157 Å². The van der Waals surface area contributed by atoms with E-state index in [1.165, 1.54) is 7.11 Å². The second-order valence-electron chi connectivity index (χ2n) is 6.59. The Kier molecular flexibility index (Phi) is 5.57. The minimum Gasteiger partial charge on any atom is -0.469 e. The van der Waals surface area contributed by atoms with Crippen molar-refractivity contribution < 1.29 is 14.5 Å². The molecular weight excluding hydrogens is 354 g/mol. The van der Waals surface area contributed by atoms with Gasteiger partial charge >= 0.3 is 5.97 Å². The molecule has 0 bridgehead atoms. The van der Waals surface area contributed by atoms with E-state index in [1.54, 1.807) is 18.2 Å². The van der Waals surface area contributed by atoms with Gasteiger partial charge in [-0.1, -0.05) is 48.0 Å². The second-order valence-corrected chi connectivity index (χ2v) is 7.03. The van der Waals surface area contributed by atoms with Gasteiger partial charge in [-0.2, -0.15) is 0 Å². The van der Waals surface area contributed by atoms with Crippen LogP contribution in [0.15, 0.2) is 48.5 Å². The number of ether oxygens (including phenoxy) is 1. The van der Waals surface area contributed by atoms with Crippen LogP contribution in [-0.2, 0) is 22.4 Å². The number of nitro groups is 1. The van der Waals surface area contributed by atoms with Crippen LogP contribution in [0.4, 0.5) is 0 Å². The third-order valence-electron chi connectivity index (χ3n) is 5.12. The smallest absolute Gasteiger partial charge is 0.313 e. The summed E-state index contributed by atoms with van der Waals surface area (Å²) in [4.78, 5) is 24.1. The molecule has 3 rings (SSSR count). The number of carbonyl (C=O) groups is 1. The molecule has 0 saturated carbocycles. The third-order valence-corrected chi connectivity index (χ3v) is 5.35. The molecule has 0 saturated heterocycles. The van der Waals surface area contributed by atoms with E-state index >= 15 is 0 Å². The fourth-order valence-electron chi connectivity index (χ4n) is 3.92. The lowest BCUT2D eigenvalue weighted by atomic mass is 9.71. The number of benzene rings is 2. The van der Waals surface area contributed by atoms with Crippen molar-refractivity contribution in [2.45, 2.75) is 31.2 Å². The van der Waals surface area contributed by atoms with Crippen molar-refractivity contribution in [2.24, 2.45) is 5.92 Å². The van der Waals surface area contributed by atoms with Gasteiger partial charge < -0.3 is 4.74 Å². The van der Waals surface area contributed by atoms with E-state index in [4.69, 9.17) is 16.3 Å². The van der Waals surface area contributed by atoms with Crippen molar-refractivity contribution in [2.75, 3.05) is 7.11 Å². The van der Waals surface area contributed by atoms with Gasteiger partial charge in [0, 0.05) is 22.3 Å². The van der Waals surface area contributed by atoms with Crippen molar-refractivity contribution in [3.8, 4) is 0 Å². The second kappa shape index (κ2) is 7.87. The number of rotatable bonds is 5. The molecule has 5 nitrogen and oxygen atoms in total. The summed E-state index contributed by atoms with van der Waals surface area (Å²) in [5.41, 5.74) is 2.69. The molecular formula is C20H20ClNO4. The number of halogens is 1. The summed E-state index contributed by atoms with van der Waals surface area (Å²) in [6.45, 7) is 0. The third kappa shape index (κ3) is 3.73. The maximum absolute atomic E-state index is 12.5. The standard InChI is InChI=1S/C20H20ClNO4/c1-26-20(23)19-16-8-3-2-6-14(16)9-10-17(19)18(22(24)25)12-13-5-4-7-15(21)11-13/h2-8,11,17-19H,9-10,12H2,1H3. The summed E-state index contributed by atoms with van der Waals surface area (Å²) in [6.07, 6.45) is 1.52. The Morgan fingerprint density at radius 3 is 2.77 bits per heavy atom. The van der Waals surface area contributed by atoms with Gasteiger partial charge in [-0.3, -0.25) is 14.9 Å². The SMILES string of the molecule is COC(=O)C1c2ccccc2CCC1C(Cc1cccc(Cl)c1)[N+](=O)[O-]. The van der Waals surface area contributed by atoms with E-state index in [9.17, 15) is 14.9 Å². The zero-order valence-corrected chi connectivity index (χ0v) is 15.2. The van der Waals surface area contributed by atoms with Crippen LogP contribution in [0.3, 0.4) is 0 Å². The molecule has 3 atom stereocenters. The fraction of sp³-hybridized carbons (Fsp3) is 0.350. The number of nitrogens with zero attached hydrogens (tertiary/aromatic N) is 1. The normalized spacial score (nSPS) is 20.1. The number of hydrogen-bond acceptors (Lipinski definition) is 4. The Balaban J connectivity index is 1.97. The first-order chi connectivity index (χ1) is 12.5. The van der Waals surface area contributed by atoms with E-state index in [-0.39, 0.29) is 11.3 Å². The van der Waals surface area contributed by atoms with Gasteiger partial charge in [-0.15, -0.1) is 0 Å². The average molecular weight is 374 g/mol. The summed E-state index contributed by atoms with van der Waals surface area (Å²) in [6, 6.07) is 13.8. The summed E-state index contributed by atoms with van der Waals surface area (Å²) < 4.78 is 4.99. The molecule has 0 fully saturated rings. The molecule has 0 aliphatic heterocycles. The van der Waals surface area contributed by atoms with Crippen LogP contribution in [0.1, 0.15) is 29.0 Å². The van der Waals surface area contributed by atoms with E-state index in [2.05, 4.69) is 0 Å². The predicted octanol–water partition coefficient (Wildman–Crippen LogP) is 4.05. The molecule has 1 aliphatic carbocycles. The summed E-state index contributed by atoms with van der Waals surface area (Å²) in [5, 5.41) is 12.4. The van der Waals surface area contributed by atoms with Gasteiger partial charge in [0.05, 0.1) is 13.0 Å². The monoisotopic (exact) mass is 373 g/mol. The van der Waals surface area contributed by atoms with Gasteiger partial charge in [-0.05, 0) is 41.7 Å². The first kappa shape index (κ1) is 18.4. The van der Waals surface area contributed by atoms with Crippen LogP contribution in [0, 0.1) is 16.0 Å². The minimum atomic E-state index is -0.883. The zero-order valence-electron chi connectivity index (χ0n) is 14.4. The number of hydrogen-bond donors (Lipinski definition) is 0. The minimum absolute atomic E-state index is 0.230. The first-order valence-electron chi connectivity index (χ1n) is 8.55. The predicted molar refractivity (Wildman–Crippen MR) is 98.9 cm³/mol. The Bertz CT molecular complexity index is 823. The van der Waals surface area contributed by atoms with Crippen LogP contribution < -0.4 is 0 Å². The summed E-state index contributed by atoms with van der Waals surface area (Å²) in [7, 11) is 1.33. The topological polar surface area (TPSA) is 69.4 Å². The van der Waals surface area contributed by atoms with Gasteiger partial charge in [0.25, 0.3) is 0 Å². The Morgan fingerprint density at radius 2 is 2.08 bits per heavy atom. The molecule has 1 aliphatic rings. The quantitative estimate of drug-likeness (QED) is 0.450. The van der Waals surface area contributed by atoms with Gasteiger partial charge in [-0.25, -0.2) is 0 Å². The molecule has 2 aromatic carbocycles. The van der Waals surface area contributed by atoms with E-state index in [1.807, 2.05) is 30.3 Å². The summed E-state index contributed by atoms with van der Waals surface area (Å²) in [5.74, 6) is -1.47. The molecule has 6 heteroatoms. The molecule has 136 valence electrons. The number of methoxy groups -OCH3 is 1. The van der Waals surface area contributed by atoms with Crippen molar-refractivity contribution in [3.63, 3.8) is 0 Å². The lowest BCUT2D eigenvalue weighted by Crippen LogP contribution is -2.41. The number of esters is 1. The number of aryl methyl sites for hydroxylation is 1. The molecule has 0 spiro atoms. The maximum atomic E-state index is 12.5. The molecule has 0 N–H and O–H groups in total. The van der Waals surface area contributed by atoms with Crippen molar-refractivity contribution in [3.05, 3.63) is 80.4 Å². The van der Waals surface area contributed by atoms with Crippen LogP contribution in [-0.4, -0.2) is 24.0 Å². The zero-order chi connectivity index (χ0) is 18.7. The van der Waals surface area contributed by atoms with Crippen LogP contribution in [0.25, 0.3) is 0 Å². The molecule has 0 amide bonds. The van der Waals surface area contributed by atoms with Crippen LogP contribution in [0.2, 0.25) is 5.02 Å². The lowest BCUT2D eigenvalue weighted by Gasteiger charge is -2.33. The van der Waals surface area contributed by atoms with E-state index in [0.29, 0.717) is 17.9 Å². The average Bonchev–Trinajstić information content (AvgIpc) is 2.64. The summed E-state index contributed by atoms with van der Waals surface area (Å²) >= 11 is 6.02. The lowest BCUT2D eigenvalue weighted by molar-refractivity contribution is -0.532. The van der Waals surface area contributed by atoms with Gasteiger partial charge in [0.2, 0.25) is 6.04 Å². The largest absolute Gasteiger partial charge is 0.469 e. The van der Waals surface area contributed by atoms with Gasteiger partial charge in [0.15, 0.2) is 0 Å². The molecule has 0 aromatic heterocycles. The maximum Gasteiger partial charge on any atom is 0.313 e. The van der Waals surface area contributed by atoms with Crippen LogP contribution >= 0.6 is 11.6 Å². The molecule has 2 aromatic rings. The molecule has 3 unspecified atom stereocenters. The van der Waals surface area contributed by atoms with Crippen molar-refractivity contribution in [1.29, 1.82) is 0 Å². The van der Waals surface area contributed by atoms with Crippen LogP contribution in [0.5, 0.6) is 0 Å². The Hall–Kier alpha value is -2.40. The van der Waals surface area contributed by atoms with Crippen molar-refractivity contribution in [1.82, 2.24) is 0 Å². The Morgan fingerprint density at radius 1 is 1.31 bits per heavy atom. The van der Waals surface area contributed by atoms with E-state index < -0.39 is 23.8 Å². The highest BCUT2D eigenvalue weighted by molar-refractivity contribution is 6.30. The van der Waals surface area contributed by atoms with E-state index in [0.717, 1.165) is 16.7 Å². The molecule has 0 heterocycles. The highest BCUT2D eigenvalue weighted by Gasteiger charge is 2.45. The molecule has 26 heavy (non-hydrogen) atoms.